The summed E-state index contributed by atoms with van der Waals surface area (Å²) in [4.78, 5) is 27.3. The van der Waals surface area contributed by atoms with Gasteiger partial charge in [0.25, 0.3) is 5.91 Å². The quantitative estimate of drug-likeness (QED) is 0.878. The summed E-state index contributed by atoms with van der Waals surface area (Å²) in [5.41, 5.74) is -2.35. The molecule has 1 fully saturated rings. The van der Waals surface area contributed by atoms with Gasteiger partial charge in [0.15, 0.2) is 11.2 Å². The van der Waals surface area contributed by atoms with E-state index in [1.165, 1.54) is 6.07 Å². The van der Waals surface area contributed by atoms with Crippen molar-refractivity contribution in [3.05, 3.63) is 41.8 Å². The number of aliphatic carboxylic acids is 1. The highest BCUT2D eigenvalue weighted by Gasteiger charge is 2.44. The number of nitrogens with zero attached hydrogens (tertiary/aromatic N) is 1. The summed E-state index contributed by atoms with van der Waals surface area (Å²) in [5.74, 6) is -4.28. The average Bonchev–Trinajstić information content (AvgIpc) is 3.17. The number of nitrogens with one attached hydrogen (secondary N) is 1. The number of aromatic nitrogens is 1. The lowest BCUT2D eigenvalue weighted by atomic mass is 9.99. The van der Waals surface area contributed by atoms with Gasteiger partial charge in [0, 0.05) is 13.0 Å². The topological polar surface area (TPSA) is 102 Å². The highest BCUT2D eigenvalue weighted by atomic mass is 19.1. The predicted molar refractivity (Wildman–Crippen MR) is 75.1 cm³/mol. The van der Waals surface area contributed by atoms with E-state index in [2.05, 4.69) is 10.3 Å². The van der Waals surface area contributed by atoms with E-state index in [4.69, 9.17) is 9.15 Å². The fraction of sp³-hybridized carbons (Fsp3) is 0.267. The molecule has 1 aliphatic rings. The maximum absolute atomic E-state index is 13.7. The molecule has 1 aliphatic heterocycles. The number of benzene rings is 1. The number of amides is 1. The number of carbonyl (C=O) groups excluding carboxylic acids is 1. The van der Waals surface area contributed by atoms with Crippen molar-refractivity contribution in [3.8, 4) is 11.5 Å². The van der Waals surface area contributed by atoms with Crippen molar-refractivity contribution in [1.29, 1.82) is 0 Å². The van der Waals surface area contributed by atoms with Gasteiger partial charge in [0.1, 0.15) is 23.5 Å². The Kier molecular flexibility index (Phi) is 4.02. The molecule has 1 aromatic heterocycles. The third-order valence-corrected chi connectivity index (χ3v) is 3.70. The molecule has 3 rings (SSSR count). The lowest BCUT2D eigenvalue weighted by molar-refractivity contribution is -0.144. The van der Waals surface area contributed by atoms with E-state index in [1.807, 2.05) is 0 Å². The maximum Gasteiger partial charge on any atom is 0.331 e. The van der Waals surface area contributed by atoms with Gasteiger partial charge in [-0.2, -0.15) is 0 Å². The van der Waals surface area contributed by atoms with Gasteiger partial charge in [0.2, 0.25) is 5.89 Å². The first kappa shape index (κ1) is 16.1. The molecule has 1 amide bonds. The zero-order valence-corrected chi connectivity index (χ0v) is 12.2. The van der Waals surface area contributed by atoms with Crippen molar-refractivity contribution >= 4 is 11.9 Å². The van der Waals surface area contributed by atoms with Crippen LogP contribution in [0.5, 0.6) is 0 Å². The van der Waals surface area contributed by atoms with Crippen molar-refractivity contribution in [2.24, 2.45) is 0 Å². The number of hydrogen-bond donors (Lipinski definition) is 2. The zero-order chi connectivity index (χ0) is 17.3. The van der Waals surface area contributed by atoms with E-state index in [0.717, 1.165) is 18.4 Å². The highest BCUT2D eigenvalue weighted by molar-refractivity contribution is 5.96. The lowest BCUT2D eigenvalue weighted by Crippen LogP contribution is -2.55. The summed E-state index contributed by atoms with van der Waals surface area (Å²) in [6.07, 6.45) is 1.00. The Morgan fingerprint density at radius 3 is 2.58 bits per heavy atom. The van der Waals surface area contributed by atoms with Crippen LogP contribution in [0.25, 0.3) is 11.5 Å². The number of rotatable bonds is 4. The van der Waals surface area contributed by atoms with Gasteiger partial charge < -0.3 is 19.6 Å². The van der Waals surface area contributed by atoms with Crippen LogP contribution in [0, 0.1) is 11.6 Å². The van der Waals surface area contributed by atoms with Gasteiger partial charge in [-0.1, -0.05) is 6.07 Å². The van der Waals surface area contributed by atoms with Crippen LogP contribution in [0.3, 0.4) is 0 Å². The van der Waals surface area contributed by atoms with Gasteiger partial charge in [-0.15, -0.1) is 0 Å². The van der Waals surface area contributed by atoms with Gasteiger partial charge in [0.05, 0.1) is 6.61 Å². The first-order valence-electron chi connectivity index (χ1n) is 6.96. The molecule has 0 saturated carbocycles. The molecule has 7 nitrogen and oxygen atoms in total. The first-order chi connectivity index (χ1) is 11.4. The second kappa shape index (κ2) is 6.00. The summed E-state index contributed by atoms with van der Waals surface area (Å²) in [6, 6.07) is 3.23. The second-order valence-electron chi connectivity index (χ2n) is 5.28. The Bertz CT molecular complexity index is 779. The molecule has 1 aromatic carbocycles. The van der Waals surface area contributed by atoms with Crippen LogP contribution >= 0.6 is 0 Å². The van der Waals surface area contributed by atoms with Crippen LogP contribution in [-0.2, 0) is 9.53 Å². The molecule has 0 spiro atoms. The van der Waals surface area contributed by atoms with E-state index in [9.17, 15) is 23.5 Å². The maximum atomic E-state index is 13.7. The number of carboxylic acid groups (broad SMARTS) is 1. The summed E-state index contributed by atoms with van der Waals surface area (Å²) in [5, 5.41) is 11.6. The molecular weight excluding hydrogens is 326 g/mol. The molecular formula is C15H12F2N2O5. The fourth-order valence-electron chi connectivity index (χ4n) is 2.36. The van der Waals surface area contributed by atoms with E-state index >= 15 is 0 Å². The van der Waals surface area contributed by atoms with Gasteiger partial charge in [-0.25, -0.2) is 18.6 Å². The smallest absolute Gasteiger partial charge is 0.331 e. The summed E-state index contributed by atoms with van der Waals surface area (Å²) < 4.78 is 37.4. The van der Waals surface area contributed by atoms with Gasteiger partial charge >= 0.3 is 5.97 Å². The minimum Gasteiger partial charge on any atom is -0.479 e. The molecule has 1 unspecified atom stereocenters. The Morgan fingerprint density at radius 1 is 1.29 bits per heavy atom. The van der Waals surface area contributed by atoms with E-state index in [0.29, 0.717) is 0 Å². The van der Waals surface area contributed by atoms with Gasteiger partial charge in [-0.3, -0.25) is 4.79 Å². The van der Waals surface area contributed by atoms with Gasteiger partial charge in [-0.05, 0) is 12.1 Å². The molecule has 0 aliphatic carbocycles. The van der Waals surface area contributed by atoms with Crippen LogP contribution in [0.2, 0.25) is 0 Å². The summed E-state index contributed by atoms with van der Waals surface area (Å²) >= 11 is 0. The Labute approximate surface area is 134 Å². The van der Waals surface area contributed by atoms with Crippen LogP contribution < -0.4 is 5.32 Å². The molecule has 0 bridgehead atoms. The first-order valence-corrected chi connectivity index (χ1v) is 6.96. The van der Waals surface area contributed by atoms with E-state index in [1.54, 1.807) is 0 Å². The molecule has 126 valence electrons. The largest absolute Gasteiger partial charge is 0.479 e. The molecule has 0 radical (unpaired) electrons. The van der Waals surface area contributed by atoms with Crippen molar-refractivity contribution in [3.63, 3.8) is 0 Å². The SMILES string of the molecule is O=C(NC1(C(=O)O)CCOC1)c1coc(-c2c(F)cccc2F)n1. The molecule has 2 heterocycles. The van der Waals surface area contributed by atoms with Crippen molar-refractivity contribution in [2.45, 2.75) is 12.0 Å². The fourth-order valence-corrected chi connectivity index (χ4v) is 2.36. The lowest BCUT2D eigenvalue weighted by Gasteiger charge is -2.22. The van der Waals surface area contributed by atoms with Crippen molar-refractivity contribution in [2.75, 3.05) is 13.2 Å². The van der Waals surface area contributed by atoms with E-state index < -0.39 is 40.5 Å². The average molecular weight is 338 g/mol. The molecule has 9 heteroatoms. The molecule has 1 atom stereocenters. The normalized spacial score (nSPS) is 20.1. The third-order valence-electron chi connectivity index (χ3n) is 3.70. The van der Waals surface area contributed by atoms with Crippen molar-refractivity contribution < 1.29 is 32.6 Å². The monoisotopic (exact) mass is 338 g/mol. The summed E-state index contributed by atoms with van der Waals surface area (Å²) in [7, 11) is 0. The standard InChI is InChI=1S/C15H12F2N2O5/c16-8-2-1-3-9(17)11(8)13-18-10(6-24-13)12(20)19-15(14(21)22)4-5-23-7-15/h1-3,6H,4-5,7H2,(H,19,20)(H,21,22). The minimum absolute atomic E-state index is 0.0979. The number of halogens is 2. The molecule has 1 saturated heterocycles. The Balaban J connectivity index is 1.85. The van der Waals surface area contributed by atoms with Crippen LogP contribution in [0.15, 0.2) is 28.9 Å². The third kappa shape index (κ3) is 2.73. The Morgan fingerprint density at radius 2 is 2.00 bits per heavy atom. The molecule has 24 heavy (non-hydrogen) atoms. The molecule has 2 N–H and O–H groups in total. The predicted octanol–water partition coefficient (Wildman–Crippen LogP) is 1.59. The number of carboxylic acids is 1. The Hall–Kier alpha value is -2.81. The second-order valence-corrected chi connectivity index (χ2v) is 5.28. The number of oxazole rings is 1. The van der Waals surface area contributed by atoms with Crippen LogP contribution in [-0.4, -0.2) is 40.7 Å². The number of ether oxygens (including phenoxy) is 1. The molecule has 2 aromatic rings. The highest BCUT2D eigenvalue weighted by Crippen LogP contribution is 2.26. The van der Waals surface area contributed by atoms with E-state index in [-0.39, 0.29) is 25.3 Å². The van der Waals surface area contributed by atoms with Crippen LogP contribution in [0.4, 0.5) is 8.78 Å². The number of carbonyl (C=O) groups is 2. The zero-order valence-electron chi connectivity index (χ0n) is 12.2. The van der Waals surface area contributed by atoms with Crippen LogP contribution in [0.1, 0.15) is 16.9 Å². The minimum atomic E-state index is -1.56. The summed E-state index contributed by atoms with van der Waals surface area (Å²) in [6.45, 7) is 0.0117. The number of hydrogen-bond acceptors (Lipinski definition) is 5. The van der Waals surface area contributed by atoms with Crippen molar-refractivity contribution in [1.82, 2.24) is 10.3 Å².